The number of ether oxygens (including phenoxy) is 2. The predicted octanol–water partition coefficient (Wildman–Crippen LogP) is 2.76. The lowest BCUT2D eigenvalue weighted by atomic mass is 10.2. The monoisotopic (exact) mass is 303 g/mol. The van der Waals surface area contributed by atoms with Gasteiger partial charge in [-0.3, -0.25) is 0 Å². The zero-order valence-electron chi connectivity index (χ0n) is 12.3. The van der Waals surface area contributed by atoms with E-state index in [1.807, 2.05) is 0 Å². The Morgan fingerprint density at radius 2 is 1.90 bits per heavy atom. The van der Waals surface area contributed by atoms with Crippen LogP contribution < -0.4 is 5.32 Å². The second-order valence-electron chi connectivity index (χ2n) is 5.06. The predicted molar refractivity (Wildman–Crippen MR) is 78.2 cm³/mol. The second-order valence-corrected chi connectivity index (χ2v) is 5.06. The molecule has 0 fully saturated rings. The molecule has 0 aliphatic heterocycles. The maximum absolute atomic E-state index is 11.6. The van der Waals surface area contributed by atoms with Gasteiger partial charge >= 0.3 is 12.1 Å². The topological polar surface area (TPSA) is 77.8 Å². The zero-order valence-corrected chi connectivity index (χ0v) is 13.3. The molecule has 20 heavy (non-hydrogen) atoms. The van der Waals surface area contributed by atoms with Crippen molar-refractivity contribution in [2.45, 2.75) is 39.3 Å². The van der Waals surface area contributed by atoms with Crippen LogP contribution in [-0.4, -0.2) is 24.8 Å². The molecule has 6 nitrogen and oxygen atoms in total. The fourth-order valence-corrected chi connectivity index (χ4v) is 1.35. The van der Waals surface area contributed by atoms with Crippen molar-refractivity contribution < 1.29 is 23.5 Å². The Hall–Kier alpha value is -1.63. The molecule has 0 radical (unpaired) electrons. The summed E-state index contributed by atoms with van der Waals surface area (Å²) in [7, 11) is 1.27. The van der Waals surface area contributed by atoms with E-state index in [-0.39, 0.29) is 19.3 Å². The summed E-state index contributed by atoms with van der Waals surface area (Å²) in [4.78, 5) is 22.8. The summed E-state index contributed by atoms with van der Waals surface area (Å²) in [6, 6.07) is 2.69. The number of hydrogen-bond acceptors (Lipinski definition) is 5. The molecule has 1 aromatic heterocycles. The van der Waals surface area contributed by atoms with E-state index < -0.39 is 23.7 Å². The molecule has 1 amide bonds. The average Bonchev–Trinajstić information content (AvgIpc) is 2.74. The van der Waals surface area contributed by atoms with Gasteiger partial charge in [-0.05, 0) is 39.8 Å². The van der Waals surface area contributed by atoms with E-state index in [0.717, 1.165) is 0 Å². The largest absolute Gasteiger partial charge is 0.463 e. The molecule has 0 saturated carbocycles. The smallest absolute Gasteiger partial charge is 0.408 e. The Morgan fingerprint density at radius 1 is 1.30 bits per heavy atom. The third-order valence-corrected chi connectivity index (χ3v) is 2.17. The van der Waals surface area contributed by atoms with Gasteiger partial charge in [-0.2, -0.15) is 13.5 Å². The quantitative estimate of drug-likeness (QED) is 0.869. The lowest BCUT2D eigenvalue weighted by Crippen LogP contribution is -2.33. The molecule has 0 spiro atoms. The van der Waals surface area contributed by atoms with Gasteiger partial charge in [0.15, 0.2) is 0 Å². The first-order chi connectivity index (χ1) is 8.73. The van der Waals surface area contributed by atoms with Gasteiger partial charge < -0.3 is 19.2 Å². The number of hydrogen-bond donors (Lipinski definition) is 1. The number of nitrogens with one attached hydrogen (secondary N) is 1. The number of amides is 1. The normalized spacial score (nSPS) is 12.1. The molecule has 1 N–H and O–H groups in total. The van der Waals surface area contributed by atoms with E-state index in [4.69, 9.17) is 9.15 Å². The van der Waals surface area contributed by atoms with Gasteiger partial charge in [0.25, 0.3) is 0 Å². The van der Waals surface area contributed by atoms with Crippen LogP contribution in [0.2, 0.25) is 0 Å². The van der Waals surface area contributed by atoms with Crippen LogP contribution in [0.1, 0.15) is 50.1 Å². The molecule has 7 heteroatoms. The van der Waals surface area contributed by atoms with Gasteiger partial charge in [0.05, 0.1) is 13.2 Å². The van der Waals surface area contributed by atoms with Gasteiger partial charge in [0, 0.05) is 0 Å². The summed E-state index contributed by atoms with van der Waals surface area (Å²) in [5.41, 5.74) is -0.565. The first-order valence-corrected chi connectivity index (χ1v) is 5.90. The van der Waals surface area contributed by atoms with Crippen LogP contribution in [0.25, 0.3) is 0 Å². The molecule has 0 aromatic carbocycles. The van der Waals surface area contributed by atoms with Crippen LogP contribution in [0.15, 0.2) is 16.5 Å². The molecule has 0 bridgehead atoms. The fraction of sp³-hybridized carbons (Fsp3) is 0.538. The lowest BCUT2D eigenvalue weighted by molar-refractivity contribution is 0.0501. The number of methoxy groups -OCH3 is 1. The Kier molecular flexibility index (Phi) is 6.64. The van der Waals surface area contributed by atoms with Crippen LogP contribution in [0.3, 0.4) is 0 Å². The maximum atomic E-state index is 11.6. The lowest BCUT2D eigenvalue weighted by Gasteiger charge is -2.21. The summed E-state index contributed by atoms with van der Waals surface area (Å²) in [6.45, 7) is 7.06. The van der Waals surface area contributed by atoms with E-state index >= 15 is 0 Å². The summed E-state index contributed by atoms with van der Waals surface area (Å²) in [5, 5.41) is 2.62. The van der Waals surface area contributed by atoms with Crippen molar-refractivity contribution in [3.05, 3.63) is 23.7 Å². The zero-order chi connectivity index (χ0) is 14.6. The molecule has 114 valence electrons. The highest BCUT2D eigenvalue weighted by Crippen LogP contribution is 2.17. The van der Waals surface area contributed by atoms with Crippen LogP contribution in [0.4, 0.5) is 4.79 Å². The van der Waals surface area contributed by atoms with E-state index in [1.54, 1.807) is 33.8 Å². The summed E-state index contributed by atoms with van der Waals surface area (Å²) in [6.07, 6.45) is -0.545. The number of rotatable bonds is 3. The number of carbonyl (C=O) groups is 2. The van der Waals surface area contributed by atoms with Gasteiger partial charge in [-0.1, -0.05) is 0 Å². The standard InChI is InChI=1S/C13H19NO5.H2S/c1-8(14-12(16)19-13(2,3)4)9-6-7-10(18-9)11(15)17-5;/h6-8H,1-5H3,(H,14,16);1H2/t8-;/m0./s1. The van der Waals surface area contributed by atoms with Crippen LogP contribution >= 0.6 is 13.5 Å². The maximum Gasteiger partial charge on any atom is 0.408 e. The second kappa shape index (κ2) is 7.23. The summed E-state index contributed by atoms with van der Waals surface area (Å²) in [5.74, 6) is -0.0164. The minimum absolute atomic E-state index is 0. The third-order valence-electron chi connectivity index (χ3n) is 2.17. The minimum atomic E-state index is -0.565. The van der Waals surface area contributed by atoms with Crippen molar-refractivity contribution in [3.63, 3.8) is 0 Å². The van der Waals surface area contributed by atoms with Crippen molar-refractivity contribution in [1.82, 2.24) is 5.32 Å². The Balaban J connectivity index is 0.00000361. The fourth-order valence-electron chi connectivity index (χ4n) is 1.35. The molecule has 1 atom stereocenters. The van der Waals surface area contributed by atoms with Crippen molar-refractivity contribution in [1.29, 1.82) is 0 Å². The van der Waals surface area contributed by atoms with E-state index in [0.29, 0.717) is 5.76 Å². The van der Waals surface area contributed by atoms with Crippen molar-refractivity contribution in [3.8, 4) is 0 Å². The SMILES string of the molecule is COC(=O)c1ccc([C@H](C)NC(=O)OC(C)(C)C)o1.S. The molecular formula is C13H21NO5S. The highest BCUT2D eigenvalue weighted by atomic mass is 32.1. The van der Waals surface area contributed by atoms with Gasteiger partial charge in [0.1, 0.15) is 11.4 Å². The van der Waals surface area contributed by atoms with Crippen LogP contribution in [0.5, 0.6) is 0 Å². The minimum Gasteiger partial charge on any atom is -0.463 e. The number of carbonyl (C=O) groups excluding carboxylic acids is 2. The highest BCUT2D eigenvalue weighted by Gasteiger charge is 2.20. The number of alkyl carbamates (subject to hydrolysis) is 1. The van der Waals surface area contributed by atoms with Crippen molar-refractivity contribution in [2.75, 3.05) is 7.11 Å². The van der Waals surface area contributed by atoms with E-state index in [1.165, 1.54) is 13.2 Å². The molecule has 0 aliphatic rings. The van der Waals surface area contributed by atoms with Gasteiger partial charge in [0.2, 0.25) is 5.76 Å². The molecule has 1 heterocycles. The number of furan rings is 1. The van der Waals surface area contributed by atoms with Crippen LogP contribution in [0, 0.1) is 0 Å². The van der Waals surface area contributed by atoms with Crippen molar-refractivity contribution >= 4 is 25.6 Å². The van der Waals surface area contributed by atoms with Gasteiger partial charge in [-0.25, -0.2) is 9.59 Å². The third kappa shape index (κ3) is 5.56. The molecule has 1 rings (SSSR count). The van der Waals surface area contributed by atoms with Crippen LogP contribution in [-0.2, 0) is 9.47 Å². The molecule has 0 saturated heterocycles. The Bertz CT molecular complexity index is 464. The molecule has 0 unspecified atom stereocenters. The van der Waals surface area contributed by atoms with E-state index in [2.05, 4.69) is 10.1 Å². The molecule has 1 aromatic rings. The van der Waals surface area contributed by atoms with Crippen molar-refractivity contribution in [2.24, 2.45) is 0 Å². The van der Waals surface area contributed by atoms with E-state index in [9.17, 15) is 9.59 Å². The first kappa shape index (κ1) is 18.4. The highest BCUT2D eigenvalue weighted by molar-refractivity contribution is 7.59. The van der Waals surface area contributed by atoms with Gasteiger partial charge in [-0.15, -0.1) is 0 Å². The Labute approximate surface area is 125 Å². The summed E-state index contributed by atoms with van der Waals surface area (Å²) < 4.78 is 14.9. The average molecular weight is 303 g/mol. The first-order valence-electron chi connectivity index (χ1n) is 5.90. The molecule has 0 aliphatic carbocycles. The summed E-state index contributed by atoms with van der Waals surface area (Å²) >= 11 is 0. The number of esters is 1. The molecular weight excluding hydrogens is 282 g/mol. The Morgan fingerprint density at radius 3 is 2.40 bits per heavy atom.